The quantitative estimate of drug-likeness (QED) is 0.307. The Morgan fingerprint density at radius 3 is 2.21 bits per heavy atom. The lowest BCUT2D eigenvalue weighted by molar-refractivity contribution is -0.160. The molecule has 0 aromatic rings. The van der Waals surface area contributed by atoms with Crippen LogP contribution in [0, 0.1) is 0 Å². The summed E-state index contributed by atoms with van der Waals surface area (Å²) in [7, 11) is 1.42. The maximum absolute atomic E-state index is 11.7. The fraction of sp³-hybridized carbons (Fsp3) is 0.643. The van der Waals surface area contributed by atoms with Gasteiger partial charge in [-0.25, -0.2) is 0 Å². The third kappa shape index (κ3) is 6.05. The number of nitrogens with two attached hydrogens (primary N) is 1. The van der Waals surface area contributed by atoms with Gasteiger partial charge in [0.2, 0.25) is 17.7 Å². The molecular weight excluding hydrogens is 320 g/mol. The molecule has 2 N–H and O–H groups in total. The van der Waals surface area contributed by atoms with E-state index >= 15 is 0 Å². The molecule has 24 heavy (non-hydrogen) atoms. The van der Waals surface area contributed by atoms with Crippen LogP contribution in [-0.2, 0) is 28.7 Å². The van der Waals surface area contributed by atoms with Crippen LogP contribution >= 0.6 is 0 Å². The first-order valence-corrected chi connectivity index (χ1v) is 7.35. The van der Waals surface area contributed by atoms with E-state index in [1.54, 1.807) is 11.8 Å². The summed E-state index contributed by atoms with van der Waals surface area (Å²) >= 11 is 0. The SMILES string of the molecule is CC(=O)OC(=O)CN(CC(N)=O)[C@H](C)CN1CC(=O)N(C)C(=O)C1. The number of hydrogen-bond acceptors (Lipinski definition) is 8. The van der Waals surface area contributed by atoms with Gasteiger partial charge >= 0.3 is 11.9 Å². The monoisotopic (exact) mass is 342 g/mol. The molecule has 10 nitrogen and oxygen atoms in total. The van der Waals surface area contributed by atoms with Crippen molar-refractivity contribution < 1.29 is 28.7 Å². The lowest BCUT2D eigenvalue weighted by atomic mass is 10.2. The molecule has 1 aliphatic heterocycles. The smallest absolute Gasteiger partial charge is 0.327 e. The molecule has 3 amide bonds. The van der Waals surface area contributed by atoms with Crippen molar-refractivity contribution in [3.05, 3.63) is 0 Å². The van der Waals surface area contributed by atoms with Gasteiger partial charge in [-0.1, -0.05) is 0 Å². The van der Waals surface area contributed by atoms with Gasteiger partial charge < -0.3 is 10.5 Å². The van der Waals surface area contributed by atoms with Crippen LogP contribution in [0.3, 0.4) is 0 Å². The highest BCUT2D eigenvalue weighted by atomic mass is 16.6. The molecule has 0 bridgehead atoms. The molecule has 1 rings (SSSR count). The number of esters is 2. The molecule has 0 spiro atoms. The highest BCUT2D eigenvalue weighted by molar-refractivity contribution is 5.99. The normalized spacial score (nSPS) is 17.1. The van der Waals surface area contributed by atoms with Crippen molar-refractivity contribution in [3.63, 3.8) is 0 Å². The van der Waals surface area contributed by atoms with Crippen molar-refractivity contribution in [2.75, 3.05) is 39.8 Å². The predicted molar refractivity (Wildman–Crippen MR) is 81.2 cm³/mol. The lowest BCUT2D eigenvalue weighted by Crippen LogP contribution is -2.56. The summed E-state index contributed by atoms with van der Waals surface area (Å²) in [5.74, 6) is -2.85. The van der Waals surface area contributed by atoms with Gasteiger partial charge in [-0.2, -0.15) is 0 Å². The van der Waals surface area contributed by atoms with Crippen LogP contribution in [0.25, 0.3) is 0 Å². The maximum atomic E-state index is 11.7. The van der Waals surface area contributed by atoms with Crippen molar-refractivity contribution in [3.8, 4) is 0 Å². The molecular formula is C14H22N4O6. The number of hydrogen-bond donors (Lipinski definition) is 1. The van der Waals surface area contributed by atoms with E-state index in [2.05, 4.69) is 4.74 Å². The molecule has 1 heterocycles. The van der Waals surface area contributed by atoms with Gasteiger partial charge in [-0.15, -0.1) is 0 Å². The molecule has 1 aliphatic rings. The van der Waals surface area contributed by atoms with Crippen LogP contribution in [0.15, 0.2) is 0 Å². The van der Waals surface area contributed by atoms with E-state index in [1.807, 2.05) is 0 Å². The van der Waals surface area contributed by atoms with Crippen LogP contribution in [0.5, 0.6) is 0 Å². The topological polar surface area (TPSA) is 130 Å². The van der Waals surface area contributed by atoms with Crippen molar-refractivity contribution in [2.45, 2.75) is 19.9 Å². The number of piperazine rings is 1. The first-order chi connectivity index (χ1) is 11.1. The predicted octanol–water partition coefficient (Wildman–Crippen LogP) is -2.45. The molecule has 1 atom stereocenters. The van der Waals surface area contributed by atoms with E-state index < -0.39 is 17.8 Å². The minimum atomic E-state index is -0.805. The summed E-state index contributed by atoms with van der Waals surface area (Å²) in [6.07, 6.45) is 0. The molecule has 10 heteroatoms. The number of rotatable bonds is 7. The molecule has 0 saturated carbocycles. The van der Waals surface area contributed by atoms with Gasteiger partial charge in [0, 0.05) is 26.6 Å². The highest BCUT2D eigenvalue weighted by Crippen LogP contribution is 2.07. The standard InChI is InChI=1S/C14H22N4O6/c1-9(4-17-6-12(21)16(3)13(22)7-17)18(5-11(15)20)8-14(23)24-10(2)19/h9H,4-8H2,1-3H3,(H2,15,20)/t9-/m1/s1. The average Bonchev–Trinajstić information content (AvgIpc) is 2.42. The third-order valence-electron chi connectivity index (χ3n) is 3.56. The molecule has 1 fully saturated rings. The number of ether oxygens (including phenoxy) is 1. The van der Waals surface area contributed by atoms with Crippen LogP contribution in [0.2, 0.25) is 0 Å². The Kier molecular flexibility index (Phi) is 6.98. The number of nitrogens with zero attached hydrogens (tertiary/aromatic N) is 3. The van der Waals surface area contributed by atoms with Crippen LogP contribution in [0.1, 0.15) is 13.8 Å². The number of amides is 3. The highest BCUT2D eigenvalue weighted by Gasteiger charge is 2.30. The average molecular weight is 342 g/mol. The number of carbonyl (C=O) groups is 5. The second kappa shape index (κ2) is 8.50. The minimum Gasteiger partial charge on any atom is -0.392 e. The molecule has 1 saturated heterocycles. The largest absolute Gasteiger partial charge is 0.392 e. The van der Waals surface area contributed by atoms with Gasteiger partial charge in [0.25, 0.3) is 0 Å². The van der Waals surface area contributed by atoms with Crippen LogP contribution < -0.4 is 5.73 Å². The molecule has 0 aliphatic carbocycles. The van der Waals surface area contributed by atoms with Crippen LogP contribution in [-0.4, -0.2) is 90.2 Å². The molecule has 0 aromatic carbocycles. The Morgan fingerprint density at radius 1 is 1.21 bits per heavy atom. The minimum absolute atomic E-state index is 0.0644. The molecule has 0 radical (unpaired) electrons. The Balaban J connectivity index is 2.70. The van der Waals surface area contributed by atoms with E-state index in [1.165, 1.54) is 11.9 Å². The van der Waals surface area contributed by atoms with E-state index in [0.29, 0.717) is 0 Å². The molecule has 0 unspecified atom stereocenters. The maximum Gasteiger partial charge on any atom is 0.327 e. The van der Waals surface area contributed by atoms with E-state index in [0.717, 1.165) is 11.8 Å². The fourth-order valence-corrected chi connectivity index (χ4v) is 2.33. The Morgan fingerprint density at radius 2 is 1.75 bits per heavy atom. The Hall–Kier alpha value is -2.33. The van der Waals surface area contributed by atoms with Crippen molar-refractivity contribution in [1.82, 2.24) is 14.7 Å². The second-order valence-electron chi connectivity index (χ2n) is 5.70. The summed E-state index contributed by atoms with van der Waals surface area (Å²) in [5.41, 5.74) is 5.18. The third-order valence-corrected chi connectivity index (χ3v) is 3.56. The zero-order chi connectivity index (χ0) is 18.4. The fourth-order valence-electron chi connectivity index (χ4n) is 2.33. The number of likely N-dealkylation sites (N-methyl/N-ethyl adjacent to an activating group) is 1. The van der Waals surface area contributed by atoms with E-state index in [-0.39, 0.29) is 50.6 Å². The lowest BCUT2D eigenvalue weighted by Gasteiger charge is -2.35. The number of carbonyl (C=O) groups excluding carboxylic acids is 5. The van der Waals surface area contributed by atoms with Gasteiger partial charge in [0.05, 0.1) is 26.2 Å². The van der Waals surface area contributed by atoms with Gasteiger partial charge in [-0.3, -0.25) is 38.7 Å². The van der Waals surface area contributed by atoms with Crippen molar-refractivity contribution >= 4 is 29.7 Å². The van der Waals surface area contributed by atoms with E-state index in [9.17, 15) is 24.0 Å². The number of primary amides is 1. The zero-order valence-electron chi connectivity index (χ0n) is 14.0. The number of imide groups is 1. The first-order valence-electron chi connectivity index (χ1n) is 7.35. The summed E-state index contributed by atoms with van der Waals surface area (Å²) in [6, 6.07) is -0.374. The Bertz CT molecular complexity index is 531. The van der Waals surface area contributed by atoms with Crippen LogP contribution in [0.4, 0.5) is 0 Å². The Labute approximate surface area is 139 Å². The summed E-state index contributed by atoms with van der Waals surface area (Å²) in [4.78, 5) is 61.2. The van der Waals surface area contributed by atoms with Crippen molar-refractivity contribution in [2.24, 2.45) is 5.73 Å². The van der Waals surface area contributed by atoms with Gasteiger partial charge in [0.1, 0.15) is 0 Å². The second-order valence-corrected chi connectivity index (χ2v) is 5.70. The van der Waals surface area contributed by atoms with Gasteiger partial charge in [0.15, 0.2) is 0 Å². The molecule has 0 aromatic heterocycles. The first kappa shape index (κ1) is 19.7. The summed E-state index contributed by atoms with van der Waals surface area (Å²) in [5, 5.41) is 0. The summed E-state index contributed by atoms with van der Waals surface area (Å²) < 4.78 is 4.45. The van der Waals surface area contributed by atoms with Crippen molar-refractivity contribution in [1.29, 1.82) is 0 Å². The summed E-state index contributed by atoms with van der Waals surface area (Å²) in [6.45, 7) is 2.69. The molecule has 134 valence electrons. The zero-order valence-corrected chi connectivity index (χ0v) is 14.0. The van der Waals surface area contributed by atoms with E-state index in [4.69, 9.17) is 5.73 Å². The van der Waals surface area contributed by atoms with Gasteiger partial charge in [-0.05, 0) is 6.92 Å².